The molecule has 0 radical (unpaired) electrons. The molecule has 4 rings (SSSR count). The quantitative estimate of drug-likeness (QED) is 0.566. The molecular weight excluding hydrogens is 328 g/mol. The van der Waals surface area contributed by atoms with Crippen molar-refractivity contribution in [2.24, 2.45) is 0 Å². The molecular formula is C21H20N2O3. The van der Waals surface area contributed by atoms with E-state index in [2.05, 4.69) is 23.3 Å². The van der Waals surface area contributed by atoms with Crippen LogP contribution in [0.1, 0.15) is 46.1 Å². The molecule has 1 amide bonds. The molecule has 0 aliphatic heterocycles. The summed E-state index contributed by atoms with van der Waals surface area (Å²) in [5.41, 5.74) is 5.35. The Bertz CT molecular complexity index is 1100. The lowest BCUT2D eigenvalue weighted by atomic mass is 10.0. The Morgan fingerprint density at radius 2 is 1.77 bits per heavy atom. The topological polar surface area (TPSA) is 68.3 Å². The maximum Gasteiger partial charge on any atom is 0.287 e. The van der Waals surface area contributed by atoms with Gasteiger partial charge in [0.2, 0.25) is 5.89 Å². The lowest BCUT2D eigenvalue weighted by Crippen LogP contribution is -2.27. The predicted molar refractivity (Wildman–Crippen MR) is 100 cm³/mol. The van der Waals surface area contributed by atoms with E-state index in [4.69, 9.17) is 8.83 Å². The van der Waals surface area contributed by atoms with E-state index in [1.807, 2.05) is 51.1 Å². The van der Waals surface area contributed by atoms with Crippen LogP contribution in [0.3, 0.4) is 0 Å². The third-order valence-corrected chi connectivity index (χ3v) is 4.79. The molecule has 2 heterocycles. The average molecular weight is 348 g/mol. The number of carbonyl (C=O) groups is 1. The van der Waals surface area contributed by atoms with Gasteiger partial charge in [0.25, 0.3) is 5.91 Å². The number of para-hydroxylation sites is 2. The van der Waals surface area contributed by atoms with Crippen molar-refractivity contribution in [2.45, 2.75) is 33.7 Å². The van der Waals surface area contributed by atoms with Crippen LogP contribution in [0, 0.1) is 20.8 Å². The Morgan fingerprint density at radius 3 is 2.54 bits per heavy atom. The summed E-state index contributed by atoms with van der Waals surface area (Å²) in [5.74, 6) is 0.525. The Kier molecular flexibility index (Phi) is 3.80. The largest absolute Gasteiger partial charge is 0.451 e. The molecule has 0 saturated carbocycles. The third kappa shape index (κ3) is 2.65. The maximum absolute atomic E-state index is 12.7. The molecule has 26 heavy (non-hydrogen) atoms. The number of nitrogens with one attached hydrogen (secondary N) is 1. The lowest BCUT2D eigenvalue weighted by Gasteiger charge is -2.09. The predicted octanol–water partition coefficient (Wildman–Crippen LogP) is 4.99. The second kappa shape index (κ2) is 6.02. The van der Waals surface area contributed by atoms with E-state index < -0.39 is 0 Å². The van der Waals surface area contributed by atoms with Gasteiger partial charge in [-0.1, -0.05) is 12.1 Å². The Labute approximate surface area is 151 Å². The minimum atomic E-state index is -0.369. The van der Waals surface area contributed by atoms with E-state index in [0.29, 0.717) is 17.2 Å². The van der Waals surface area contributed by atoms with Crippen LogP contribution in [0.2, 0.25) is 0 Å². The van der Waals surface area contributed by atoms with Gasteiger partial charge in [0.15, 0.2) is 11.3 Å². The number of aromatic nitrogens is 1. The second-order valence-corrected chi connectivity index (χ2v) is 6.70. The van der Waals surface area contributed by atoms with Crippen molar-refractivity contribution in [1.82, 2.24) is 10.3 Å². The van der Waals surface area contributed by atoms with Crippen LogP contribution in [-0.4, -0.2) is 10.9 Å². The van der Waals surface area contributed by atoms with Gasteiger partial charge in [-0.25, -0.2) is 4.98 Å². The summed E-state index contributed by atoms with van der Waals surface area (Å²) in [6.45, 7) is 7.83. The normalized spacial score (nSPS) is 12.6. The minimum absolute atomic E-state index is 0.274. The van der Waals surface area contributed by atoms with Gasteiger partial charge in [0.1, 0.15) is 17.1 Å². The zero-order valence-electron chi connectivity index (χ0n) is 15.2. The fraction of sp³-hybridized carbons (Fsp3) is 0.238. The van der Waals surface area contributed by atoms with Crippen LogP contribution < -0.4 is 5.32 Å². The fourth-order valence-corrected chi connectivity index (χ4v) is 3.09. The monoisotopic (exact) mass is 348 g/mol. The van der Waals surface area contributed by atoms with E-state index in [1.165, 1.54) is 5.56 Å². The molecule has 0 aliphatic rings. The van der Waals surface area contributed by atoms with Crippen LogP contribution in [0.25, 0.3) is 22.1 Å². The first kappa shape index (κ1) is 16.4. The highest BCUT2D eigenvalue weighted by Gasteiger charge is 2.22. The molecule has 0 fully saturated rings. The summed E-state index contributed by atoms with van der Waals surface area (Å²) in [5, 5.41) is 3.88. The Hall–Kier alpha value is -3.08. The summed E-state index contributed by atoms with van der Waals surface area (Å²) < 4.78 is 11.6. The summed E-state index contributed by atoms with van der Waals surface area (Å²) in [6.07, 6.45) is 0. The number of amides is 1. The maximum atomic E-state index is 12.7. The highest BCUT2D eigenvalue weighted by molar-refractivity contribution is 5.99. The van der Waals surface area contributed by atoms with Crippen molar-refractivity contribution in [2.75, 3.05) is 0 Å². The fourth-order valence-electron chi connectivity index (χ4n) is 3.09. The number of fused-ring (bicyclic) bond motifs is 2. The first-order chi connectivity index (χ1) is 12.4. The van der Waals surface area contributed by atoms with Crippen molar-refractivity contribution in [1.29, 1.82) is 0 Å². The number of nitrogens with zero attached hydrogens (tertiary/aromatic N) is 1. The van der Waals surface area contributed by atoms with Crippen molar-refractivity contribution in [3.05, 3.63) is 64.7 Å². The molecule has 0 aliphatic carbocycles. The van der Waals surface area contributed by atoms with Gasteiger partial charge in [-0.05, 0) is 63.1 Å². The standard InChI is InChI=1S/C21H20N2O3/c1-11-9-15-13(3)19(25-18(15)10-12(11)2)20(24)22-14(4)21-23-16-7-5-6-8-17(16)26-21/h5-10,14H,1-4H3,(H,22,24). The van der Waals surface area contributed by atoms with Gasteiger partial charge in [-0.2, -0.15) is 0 Å². The lowest BCUT2D eigenvalue weighted by molar-refractivity contribution is 0.0907. The first-order valence-corrected chi connectivity index (χ1v) is 8.60. The zero-order chi connectivity index (χ0) is 18.4. The Balaban J connectivity index is 1.63. The van der Waals surface area contributed by atoms with Crippen LogP contribution in [0.4, 0.5) is 0 Å². The molecule has 0 bridgehead atoms. The van der Waals surface area contributed by atoms with Crippen LogP contribution in [0.5, 0.6) is 0 Å². The van der Waals surface area contributed by atoms with Crippen molar-refractivity contribution in [3.8, 4) is 0 Å². The summed E-state index contributed by atoms with van der Waals surface area (Å²) >= 11 is 0. The van der Waals surface area contributed by atoms with E-state index >= 15 is 0 Å². The highest BCUT2D eigenvalue weighted by Crippen LogP contribution is 2.28. The van der Waals surface area contributed by atoms with Crippen LogP contribution in [0.15, 0.2) is 45.2 Å². The molecule has 132 valence electrons. The molecule has 0 saturated heterocycles. The number of benzene rings is 2. The number of furan rings is 1. The number of hydrogen-bond acceptors (Lipinski definition) is 4. The van der Waals surface area contributed by atoms with Crippen LogP contribution >= 0.6 is 0 Å². The number of oxazole rings is 1. The summed E-state index contributed by atoms with van der Waals surface area (Å²) in [6, 6.07) is 11.2. The van der Waals surface area contributed by atoms with Gasteiger partial charge >= 0.3 is 0 Å². The van der Waals surface area contributed by atoms with E-state index in [1.54, 1.807) is 0 Å². The molecule has 1 atom stereocenters. The number of carbonyl (C=O) groups excluding carboxylic acids is 1. The third-order valence-electron chi connectivity index (χ3n) is 4.79. The zero-order valence-corrected chi connectivity index (χ0v) is 15.2. The van der Waals surface area contributed by atoms with Gasteiger partial charge in [0, 0.05) is 10.9 Å². The smallest absolute Gasteiger partial charge is 0.287 e. The highest BCUT2D eigenvalue weighted by atomic mass is 16.4. The molecule has 5 heteroatoms. The van der Waals surface area contributed by atoms with E-state index in [9.17, 15) is 4.79 Å². The van der Waals surface area contributed by atoms with Crippen molar-refractivity contribution in [3.63, 3.8) is 0 Å². The minimum Gasteiger partial charge on any atom is -0.451 e. The number of hydrogen-bond donors (Lipinski definition) is 1. The van der Waals surface area contributed by atoms with Crippen molar-refractivity contribution >= 4 is 28.0 Å². The SMILES string of the molecule is Cc1cc2oc(C(=O)NC(C)c3nc4ccccc4o3)c(C)c2cc1C. The molecule has 2 aromatic carbocycles. The van der Waals surface area contributed by atoms with Crippen LogP contribution in [-0.2, 0) is 0 Å². The number of rotatable bonds is 3. The van der Waals surface area contributed by atoms with Gasteiger partial charge in [-0.15, -0.1) is 0 Å². The van der Waals surface area contributed by atoms with Gasteiger partial charge in [0.05, 0.1) is 0 Å². The number of aryl methyl sites for hydroxylation is 3. The van der Waals surface area contributed by atoms with E-state index in [-0.39, 0.29) is 11.9 Å². The molecule has 1 N–H and O–H groups in total. The summed E-state index contributed by atoms with van der Waals surface area (Å²) in [4.78, 5) is 17.2. The molecule has 0 spiro atoms. The van der Waals surface area contributed by atoms with Gasteiger partial charge < -0.3 is 14.2 Å². The molecule has 2 aromatic heterocycles. The van der Waals surface area contributed by atoms with Crippen molar-refractivity contribution < 1.29 is 13.6 Å². The first-order valence-electron chi connectivity index (χ1n) is 8.60. The molecule has 1 unspecified atom stereocenters. The molecule has 4 aromatic rings. The molecule has 5 nitrogen and oxygen atoms in total. The summed E-state index contributed by atoms with van der Waals surface area (Å²) in [7, 11) is 0. The van der Waals surface area contributed by atoms with E-state index in [0.717, 1.165) is 27.6 Å². The average Bonchev–Trinajstić information content (AvgIpc) is 3.18. The Morgan fingerprint density at radius 1 is 1.04 bits per heavy atom. The second-order valence-electron chi connectivity index (χ2n) is 6.70. The van der Waals surface area contributed by atoms with Gasteiger partial charge in [-0.3, -0.25) is 4.79 Å².